The molecule has 4 nitrogen and oxygen atoms in total. The first-order valence-electron chi connectivity index (χ1n) is 6.12. The fourth-order valence-electron chi connectivity index (χ4n) is 2.10. The van der Waals surface area contributed by atoms with Crippen molar-refractivity contribution in [1.29, 1.82) is 0 Å². The molecule has 1 aliphatic carbocycles. The largest absolute Gasteiger partial charge is 0.478 e. The summed E-state index contributed by atoms with van der Waals surface area (Å²) < 4.78 is 32.5. The first kappa shape index (κ1) is 13.7. The lowest BCUT2D eigenvalue weighted by Crippen LogP contribution is -2.41. The van der Waals surface area contributed by atoms with Crippen molar-refractivity contribution in [2.45, 2.75) is 31.9 Å². The van der Waals surface area contributed by atoms with E-state index >= 15 is 0 Å². The maximum atomic E-state index is 13.7. The number of benzene rings is 1. The molecule has 1 saturated carbocycles. The van der Waals surface area contributed by atoms with Crippen molar-refractivity contribution in [1.82, 2.24) is 0 Å². The molecule has 6 heteroatoms. The van der Waals surface area contributed by atoms with E-state index in [1.807, 2.05) is 6.92 Å². The van der Waals surface area contributed by atoms with Gasteiger partial charge in [0, 0.05) is 12.6 Å². The van der Waals surface area contributed by atoms with Gasteiger partial charge in [-0.15, -0.1) is 0 Å². The van der Waals surface area contributed by atoms with Gasteiger partial charge in [-0.3, -0.25) is 0 Å². The van der Waals surface area contributed by atoms with Crippen LogP contribution in [0.2, 0.25) is 0 Å². The van der Waals surface area contributed by atoms with Crippen molar-refractivity contribution in [3.63, 3.8) is 0 Å². The van der Waals surface area contributed by atoms with Gasteiger partial charge in [0.25, 0.3) is 0 Å². The van der Waals surface area contributed by atoms with Crippen LogP contribution < -0.4 is 5.32 Å². The zero-order valence-corrected chi connectivity index (χ0v) is 10.5. The van der Waals surface area contributed by atoms with E-state index in [-0.39, 0.29) is 17.8 Å². The van der Waals surface area contributed by atoms with E-state index in [9.17, 15) is 13.6 Å². The van der Waals surface area contributed by atoms with Gasteiger partial charge in [0.05, 0.1) is 17.4 Å². The van der Waals surface area contributed by atoms with Crippen molar-refractivity contribution in [3.05, 3.63) is 29.3 Å². The second-order valence-corrected chi connectivity index (χ2v) is 4.48. The zero-order chi connectivity index (χ0) is 14.0. The Hall–Kier alpha value is -1.69. The Kier molecular flexibility index (Phi) is 3.99. The highest BCUT2D eigenvalue weighted by molar-refractivity contribution is 5.88. The lowest BCUT2D eigenvalue weighted by atomic mass is 9.89. The number of rotatable bonds is 5. The number of hydrogen-bond donors (Lipinski definition) is 2. The molecule has 0 aliphatic heterocycles. The van der Waals surface area contributed by atoms with Crippen LogP contribution in [0.3, 0.4) is 0 Å². The molecule has 0 unspecified atom stereocenters. The van der Waals surface area contributed by atoms with Crippen LogP contribution in [0.15, 0.2) is 12.1 Å². The van der Waals surface area contributed by atoms with Crippen LogP contribution in [0.1, 0.15) is 30.1 Å². The van der Waals surface area contributed by atoms with Gasteiger partial charge in [-0.2, -0.15) is 0 Å². The predicted octanol–water partition coefficient (Wildman–Crippen LogP) is 2.64. The average molecular weight is 271 g/mol. The molecule has 104 valence electrons. The van der Waals surface area contributed by atoms with E-state index in [1.54, 1.807) is 0 Å². The molecule has 0 amide bonds. The van der Waals surface area contributed by atoms with Crippen LogP contribution in [0.25, 0.3) is 0 Å². The zero-order valence-electron chi connectivity index (χ0n) is 10.5. The molecular weight excluding hydrogens is 256 g/mol. The van der Waals surface area contributed by atoms with Gasteiger partial charge < -0.3 is 15.2 Å². The highest BCUT2D eigenvalue weighted by atomic mass is 19.2. The van der Waals surface area contributed by atoms with Gasteiger partial charge in [0.2, 0.25) is 0 Å². The Morgan fingerprint density at radius 1 is 1.42 bits per heavy atom. The normalized spacial score (nSPS) is 21.8. The monoisotopic (exact) mass is 271 g/mol. The highest BCUT2D eigenvalue weighted by Gasteiger charge is 2.30. The summed E-state index contributed by atoms with van der Waals surface area (Å²) in [6.45, 7) is 2.54. The molecule has 0 radical (unpaired) electrons. The molecule has 1 fully saturated rings. The molecule has 0 spiro atoms. The first-order chi connectivity index (χ1) is 9.02. The number of aromatic carboxylic acids is 1. The molecule has 19 heavy (non-hydrogen) atoms. The van der Waals surface area contributed by atoms with Crippen molar-refractivity contribution in [2.75, 3.05) is 11.9 Å². The number of nitrogens with one attached hydrogen (secondary N) is 1. The maximum absolute atomic E-state index is 13.7. The number of anilines is 1. The minimum absolute atomic E-state index is 0.0116. The topological polar surface area (TPSA) is 58.6 Å². The third-order valence-electron chi connectivity index (χ3n) is 3.17. The summed E-state index contributed by atoms with van der Waals surface area (Å²) in [6, 6.07) is 2.33. The van der Waals surface area contributed by atoms with E-state index in [2.05, 4.69) is 5.32 Å². The Morgan fingerprint density at radius 3 is 2.68 bits per heavy atom. The second-order valence-electron chi connectivity index (χ2n) is 4.48. The standard InChI is InChI=1S/C13H15F2NO3/c1-2-19-8-5-7(6-8)16-10-4-3-9(13(17)18)11(14)12(10)15/h3-4,7-8,16H,2,5-6H2,1H3,(H,17,18). The summed E-state index contributed by atoms with van der Waals surface area (Å²) in [6.07, 6.45) is 1.62. The van der Waals surface area contributed by atoms with Gasteiger partial charge in [0.1, 0.15) is 0 Å². The fourth-order valence-corrected chi connectivity index (χ4v) is 2.10. The van der Waals surface area contributed by atoms with Crippen molar-refractivity contribution >= 4 is 11.7 Å². The molecule has 1 aromatic carbocycles. The van der Waals surface area contributed by atoms with Crippen LogP contribution in [-0.4, -0.2) is 29.8 Å². The van der Waals surface area contributed by atoms with Crippen LogP contribution >= 0.6 is 0 Å². The van der Waals surface area contributed by atoms with Gasteiger partial charge in [-0.05, 0) is 31.9 Å². The number of hydrogen-bond acceptors (Lipinski definition) is 3. The number of carbonyl (C=O) groups is 1. The second kappa shape index (κ2) is 5.52. The highest BCUT2D eigenvalue weighted by Crippen LogP contribution is 2.29. The van der Waals surface area contributed by atoms with Gasteiger partial charge in [-0.25, -0.2) is 13.6 Å². The van der Waals surface area contributed by atoms with E-state index in [0.717, 1.165) is 18.9 Å². The van der Waals surface area contributed by atoms with Crippen LogP contribution in [-0.2, 0) is 4.74 Å². The molecule has 0 heterocycles. The first-order valence-corrected chi connectivity index (χ1v) is 6.12. The molecule has 1 aliphatic rings. The molecule has 0 bridgehead atoms. The number of carboxylic acid groups (broad SMARTS) is 1. The molecule has 1 aromatic rings. The lowest BCUT2D eigenvalue weighted by molar-refractivity contribution is 0.00292. The third kappa shape index (κ3) is 2.84. The smallest absolute Gasteiger partial charge is 0.338 e. The van der Waals surface area contributed by atoms with Gasteiger partial charge in [-0.1, -0.05) is 0 Å². The van der Waals surface area contributed by atoms with Gasteiger partial charge >= 0.3 is 5.97 Å². The quantitative estimate of drug-likeness (QED) is 0.864. The minimum atomic E-state index is -1.48. The predicted molar refractivity (Wildman–Crippen MR) is 65.4 cm³/mol. The van der Waals surface area contributed by atoms with Crippen LogP contribution in [0.4, 0.5) is 14.5 Å². The number of carboxylic acids is 1. The molecule has 0 saturated heterocycles. The Bertz CT molecular complexity index is 487. The lowest BCUT2D eigenvalue weighted by Gasteiger charge is -2.36. The molecule has 0 atom stereocenters. The minimum Gasteiger partial charge on any atom is -0.478 e. The summed E-state index contributed by atoms with van der Waals surface area (Å²) in [7, 11) is 0. The summed E-state index contributed by atoms with van der Waals surface area (Å²) in [5.41, 5.74) is -0.675. The molecular formula is C13H15F2NO3. The van der Waals surface area contributed by atoms with E-state index in [1.165, 1.54) is 6.07 Å². The summed E-state index contributed by atoms with van der Waals surface area (Å²) in [5.74, 6) is -3.97. The maximum Gasteiger partial charge on any atom is 0.338 e. The fraction of sp³-hybridized carbons (Fsp3) is 0.462. The molecule has 0 aromatic heterocycles. The van der Waals surface area contributed by atoms with Crippen molar-refractivity contribution < 1.29 is 23.4 Å². The molecule has 2 N–H and O–H groups in total. The summed E-state index contributed by atoms with van der Waals surface area (Å²) in [5, 5.41) is 11.5. The van der Waals surface area contributed by atoms with E-state index < -0.39 is 23.2 Å². The van der Waals surface area contributed by atoms with Crippen molar-refractivity contribution in [3.8, 4) is 0 Å². The molecule has 2 rings (SSSR count). The third-order valence-corrected chi connectivity index (χ3v) is 3.17. The van der Waals surface area contributed by atoms with E-state index in [4.69, 9.17) is 9.84 Å². The van der Waals surface area contributed by atoms with Crippen LogP contribution in [0.5, 0.6) is 0 Å². The Balaban J connectivity index is 2.03. The SMILES string of the molecule is CCOC1CC(Nc2ccc(C(=O)O)c(F)c2F)C1. The number of ether oxygens (including phenoxy) is 1. The Morgan fingerprint density at radius 2 is 2.11 bits per heavy atom. The van der Waals surface area contributed by atoms with Crippen molar-refractivity contribution in [2.24, 2.45) is 0 Å². The van der Waals surface area contributed by atoms with Gasteiger partial charge in [0.15, 0.2) is 11.6 Å². The average Bonchev–Trinajstić information content (AvgIpc) is 2.31. The van der Waals surface area contributed by atoms with Crippen LogP contribution in [0, 0.1) is 11.6 Å². The number of halogens is 2. The summed E-state index contributed by atoms with van der Waals surface area (Å²) >= 11 is 0. The summed E-state index contributed by atoms with van der Waals surface area (Å²) in [4.78, 5) is 10.6. The Labute approximate surface area is 109 Å². The van der Waals surface area contributed by atoms with E-state index in [0.29, 0.717) is 6.61 Å².